The average molecular weight is 457 g/mol. The number of carbonyl (C=O) groups excluding carboxylic acids is 2. The van der Waals surface area contributed by atoms with Gasteiger partial charge >= 0.3 is 0 Å². The van der Waals surface area contributed by atoms with Crippen molar-refractivity contribution in [2.45, 2.75) is 78.4 Å². The highest BCUT2D eigenvalue weighted by atomic mass is 19.1. The number of ether oxygens (including phenoxy) is 1. The van der Waals surface area contributed by atoms with Gasteiger partial charge in [-0.1, -0.05) is 65.0 Å². The molecule has 1 N–H and O–H groups in total. The van der Waals surface area contributed by atoms with Crippen molar-refractivity contribution in [2.75, 3.05) is 6.61 Å². The molecule has 5 nitrogen and oxygen atoms in total. The second kappa shape index (κ2) is 11.8. The Labute approximate surface area is 197 Å². The molecule has 2 amide bonds. The minimum atomic E-state index is -0.655. The van der Waals surface area contributed by atoms with Gasteiger partial charge in [0.15, 0.2) is 6.61 Å². The lowest BCUT2D eigenvalue weighted by Gasteiger charge is -2.31. The van der Waals surface area contributed by atoms with Crippen molar-refractivity contribution in [3.63, 3.8) is 0 Å². The fourth-order valence-electron chi connectivity index (χ4n) is 3.58. The minimum absolute atomic E-state index is 0.00392. The number of nitrogens with zero attached hydrogens (tertiary/aromatic N) is 1. The first-order valence-corrected chi connectivity index (χ1v) is 11.6. The number of halogens is 1. The lowest BCUT2D eigenvalue weighted by Crippen LogP contribution is -2.51. The van der Waals surface area contributed by atoms with E-state index in [2.05, 4.69) is 26.1 Å². The number of nitrogens with one attached hydrogen (secondary N) is 1. The highest BCUT2D eigenvalue weighted by molar-refractivity contribution is 5.88. The van der Waals surface area contributed by atoms with Gasteiger partial charge in [0.05, 0.1) is 0 Å². The van der Waals surface area contributed by atoms with Crippen LogP contribution in [0.2, 0.25) is 0 Å². The third-order valence-electron chi connectivity index (χ3n) is 5.70. The number of benzene rings is 2. The summed E-state index contributed by atoms with van der Waals surface area (Å²) in [6, 6.07) is 13.0. The summed E-state index contributed by atoms with van der Waals surface area (Å²) in [4.78, 5) is 27.9. The third-order valence-corrected chi connectivity index (χ3v) is 5.70. The fourth-order valence-corrected chi connectivity index (χ4v) is 3.58. The topological polar surface area (TPSA) is 58.6 Å². The first-order chi connectivity index (χ1) is 15.6. The molecular formula is C27H37FN2O3. The largest absolute Gasteiger partial charge is 0.483 e. The predicted octanol–water partition coefficient (Wildman–Crippen LogP) is 5.22. The fraction of sp³-hybridized carbons (Fsp3) is 0.481. The molecule has 180 valence electrons. The van der Waals surface area contributed by atoms with Crippen LogP contribution in [-0.2, 0) is 21.5 Å². The molecule has 6 heteroatoms. The van der Waals surface area contributed by atoms with E-state index in [1.165, 1.54) is 17.0 Å². The summed E-state index contributed by atoms with van der Waals surface area (Å²) in [5.41, 5.74) is 1.61. The summed E-state index contributed by atoms with van der Waals surface area (Å²) in [5.74, 6) is -0.191. The maximum absolute atomic E-state index is 13.4. The Morgan fingerprint density at radius 3 is 2.24 bits per heavy atom. The van der Waals surface area contributed by atoms with E-state index in [9.17, 15) is 14.0 Å². The van der Waals surface area contributed by atoms with E-state index < -0.39 is 6.04 Å². The number of amides is 2. The highest BCUT2D eigenvalue weighted by Crippen LogP contribution is 2.31. The molecule has 0 aliphatic heterocycles. The molecule has 33 heavy (non-hydrogen) atoms. The zero-order valence-electron chi connectivity index (χ0n) is 20.7. The van der Waals surface area contributed by atoms with E-state index in [-0.39, 0.29) is 42.2 Å². The molecule has 0 saturated heterocycles. The molecule has 2 aromatic rings. The summed E-state index contributed by atoms with van der Waals surface area (Å²) in [5, 5.41) is 2.98. The molecule has 0 radical (unpaired) electrons. The maximum Gasteiger partial charge on any atom is 0.261 e. The lowest BCUT2D eigenvalue weighted by atomic mass is 9.86. The molecule has 0 saturated carbocycles. The van der Waals surface area contributed by atoms with Gasteiger partial charge in [0.1, 0.15) is 17.6 Å². The van der Waals surface area contributed by atoms with E-state index in [0.29, 0.717) is 12.2 Å². The number of para-hydroxylation sites is 1. The van der Waals surface area contributed by atoms with Crippen molar-refractivity contribution >= 4 is 11.8 Å². The summed E-state index contributed by atoms with van der Waals surface area (Å²) in [6.07, 6.45) is 1.24. The molecular weight excluding hydrogens is 419 g/mol. The van der Waals surface area contributed by atoms with Crippen molar-refractivity contribution in [3.05, 3.63) is 65.5 Å². The molecule has 0 heterocycles. The van der Waals surface area contributed by atoms with E-state index >= 15 is 0 Å². The van der Waals surface area contributed by atoms with Gasteiger partial charge in [-0.2, -0.15) is 0 Å². The molecule has 0 bridgehead atoms. The van der Waals surface area contributed by atoms with Crippen LogP contribution in [0, 0.1) is 5.82 Å². The van der Waals surface area contributed by atoms with Gasteiger partial charge in [0.2, 0.25) is 5.91 Å². The smallest absolute Gasteiger partial charge is 0.261 e. The first-order valence-electron chi connectivity index (χ1n) is 11.6. The average Bonchev–Trinajstić information content (AvgIpc) is 2.78. The Morgan fingerprint density at radius 1 is 1.03 bits per heavy atom. The Balaban J connectivity index is 2.27. The number of carbonyl (C=O) groups is 2. The molecule has 2 rings (SSSR count). The van der Waals surface area contributed by atoms with Crippen LogP contribution in [0.5, 0.6) is 5.75 Å². The third kappa shape index (κ3) is 7.58. The zero-order valence-corrected chi connectivity index (χ0v) is 20.7. The van der Waals surface area contributed by atoms with Gasteiger partial charge in [-0.15, -0.1) is 0 Å². The lowest BCUT2D eigenvalue weighted by molar-refractivity contribution is -0.143. The van der Waals surface area contributed by atoms with E-state index in [1.54, 1.807) is 12.1 Å². The van der Waals surface area contributed by atoms with Crippen LogP contribution in [0.3, 0.4) is 0 Å². The first kappa shape index (κ1) is 26.4. The van der Waals surface area contributed by atoms with Crippen LogP contribution in [0.4, 0.5) is 4.39 Å². The van der Waals surface area contributed by atoms with E-state index in [4.69, 9.17) is 4.74 Å². The molecule has 0 aliphatic rings. The minimum Gasteiger partial charge on any atom is -0.483 e. The van der Waals surface area contributed by atoms with Crippen LogP contribution in [0.25, 0.3) is 0 Å². The molecule has 2 atom stereocenters. The highest BCUT2D eigenvalue weighted by Gasteiger charge is 2.30. The van der Waals surface area contributed by atoms with Crippen molar-refractivity contribution in [2.24, 2.45) is 0 Å². The van der Waals surface area contributed by atoms with E-state index in [0.717, 1.165) is 17.5 Å². The Kier molecular flexibility index (Phi) is 9.44. The van der Waals surface area contributed by atoms with Gasteiger partial charge in [0.25, 0.3) is 5.91 Å². The van der Waals surface area contributed by atoms with Crippen LogP contribution < -0.4 is 10.1 Å². The normalized spacial score (nSPS) is 13.2. The molecule has 0 unspecified atom stereocenters. The Bertz CT molecular complexity index is 922. The quantitative estimate of drug-likeness (QED) is 0.533. The number of hydrogen-bond acceptors (Lipinski definition) is 3. The number of hydrogen-bond donors (Lipinski definition) is 1. The van der Waals surface area contributed by atoms with Crippen LogP contribution >= 0.6 is 0 Å². The van der Waals surface area contributed by atoms with Crippen molar-refractivity contribution < 1.29 is 18.7 Å². The second-order valence-corrected chi connectivity index (χ2v) is 9.42. The maximum atomic E-state index is 13.4. The van der Waals surface area contributed by atoms with Gasteiger partial charge in [0, 0.05) is 12.6 Å². The SMILES string of the molecule is CC[C@@H](C)NC(=O)[C@@H](CC)N(Cc1ccc(F)cc1)C(=O)COc1ccccc1C(C)(C)C. The standard InChI is InChI=1S/C27H37FN2O3/c1-7-19(3)29-26(32)23(8-2)30(17-20-13-15-21(28)16-14-20)25(31)18-33-24-12-10-9-11-22(24)27(4,5)6/h9-16,19,23H,7-8,17-18H2,1-6H3,(H,29,32)/t19-,23-/m1/s1. The van der Waals surface area contributed by atoms with Crippen molar-refractivity contribution in [1.29, 1.82) is 0 Å². The molecule has 0 spiro atoms. The van der Waals surface area contributed by atoms with Crippen LogP contribution in [0.15, 0.2) is 48.5 Å². The van der Waals surface area contributed by atoms with Gasteiger partial charge in [-0.3, -0.25) is 9.59 Å². The van der Waals surface area contributed by atoms with Gasteiger partial charge in [-0.05, 0) is 54.5 Å². The Hall–Kier alpha value is -2.89. The zero-order chi connectivity index (χ0) is 24.6. The summed E-state index contributed by atoms with van der Waals surface area (Å²) in [6.45, 7) is 12.1. The van der Waals surface area contributed by atoms with Crippen LogP contribution in [0.1, 0.15) is 65.5 Å². The predicted molar refractivity (Wildman–Crippen MR) is 130 cm³/mol. The summed E-state index contributed by atoms with van der Waals surface area (Å²) >= 11 is 0. The molecule has 2 aromatic carbocycles. The second-order valence-electron chi connectivity index (χ2n) is 9.42. The van der Waals surface area contributed by atoms with Crippen molar-refractivity contribution in [3.8, 4) is 5.75 Å². The molecule has 0 fully saturated rings. The molecule has 0 aliphatic carbocycles. The summed E-state index contributed by atoms with van der Waals surface area (Å²) in [7, 11) is 0. The van der Waals surface area contributed by atoms with Gasteiger partial charge in [-0.25, -0.2) is 4.39 Å². The monoisotopic (exact) mass is 456 g/mol. The van der Waals surface area contributed by atoms with E-state index in [1.807, 2.05) is 45.0 Å². The van der Waals surface area contributed by atoms with Crippen molar-refractivity contribution in [1.82, 2.24) is 10.2 Å². The van der Waals surface area contributed by atoms with Gasteiger partial charge < -0.3 is 15.0 Å². The molecule has 0 aromatic heterocycles. The summed E-state index contributed by atoms with van der Waals surface area (Å²) < 4.78 is 19.4. The van der Waals surface area contributed by atoms with Crippen LogP contribution in [-0.4, -0.2) is 35.4 Å². The Morgan fingerprint density at radius 2 is 1.67 bits per heavy atom. The number of rotatable bonds is 10.